The molecule has 272 valence electrons. The van der Waals surface area contributed by atoms with Crippen LogP contribution in [0.2, 0.25) is 0 Å². The first kappa shape index (κ1) is 33.4. The van der Waals surface area contributed by atoms with Crippen molar-refractivity contribution in [2.45, 2.75) is 63.7 Å². The fourth-order valence-corrected chi connectivity index (χ4v) is 11.0. The molecule has 1 nitrogen and oxygen atoms in total. The van der Waals surface area contributed by atoms with Crippen LogP contribution in [0.3, 0.4) is 0 Å². The number of hydrogen-bond donors (Lipinski definition) is 0. The highest BCUT2D eigenvalue weighted by Gasteiger charge is 2.45. The largest absolute Gasteiger partial charge is 0.309 e. The summed E-state index contributed by atoms with van der Waals surface area (Å²) < 4.78 is 0. The molecule has 0 spiro atoms. The second kappa shape index (κ2) is 11.6. The standard InChI is InChI=1S/C55H47N/c1-53(2)44-19-11-9-17-40(44)42-26-22-35(30-46(42)53)37-24-28-51-48(32-37)55(5,6)49-33-38(25-29-52(49)56(51)50-21-13-15-34-14-7-8-16-39(34)50)36-23-27-43-41-18-10-12-20-45(41)54(3,4)47(43)31-36/h7-33,42,46H,1-6H3. The maximum Gasteiger partial charge on any atom is 0.0540 e. The van der Waals surface area contributed by atoms with E-state index in [0.717, 1.165) is 0 Å². The van der Waals surface area contributed by atoms with Gasteiger partial charge in [0.05, 0.1) is 17.1 Å². The normalized spacial score (nSPS) is 20.0. The monoisotopic (exact) mass is 721 g/mol. The summed E-state index contributed by atoms with van der Waals surface area (Å²) in [5.41, 5.74) is 19.8. The minimum absolute atomic E-state index is 0.0469. The Hall–Kier alpha value is -5.92. The topological polar surface area (TPSA) is 3.24 Å². The Kier molecular flexibility index (Phi) is 6.90. The maximum atomic E-state index is 2.57. The molecule has 3 aliphatic carbocycles. The molecular formula is C55H47N. The summed E-state index contributed by atoms with van der Waals surface area (Å²) in [6, 6.07) is 55.2. The van der Waals surface area contributed by atoms with Crippen LogP contribution < -0.4 is 4.90 Å². The van der Waals surface area contributed by atoms with Gasteiger partial charge in [-0.05, 0) is 120 Å². The molecule has 7 aromatic carbocycles. The molecule has 2 atom stereocenters. The quantitative estimate of drug-likeness (QED) is 0.176. The van der Waals surface area contributed by atoms with Crippen molar-refractivity contribution in [3.8, 4) is 22.3 Å². The van der Waals surface area contributed by atoms with Gasteiger partial charge in [-0.15, -0.1) is 0 Å². The van der Waals surface area contributed by atoms with Crippen LogP contribution in [0.4, 0.5) is 17.1 Å². The molecule has 4 aliphatic rings. The Bertz CT molecular complexity index is 2850. The number of fused-ring (bicyclic) bond motifs is 9. The van der Waals surface area contributed by atoms with Crippen molar-refractivity contribution in [3.63, 3.8) is 0 Å². The summed E-state index contributed by atoms with van der Waals surface area (Å²) in [4.78, 5) is 2.53. The third-order valence-electron chi connectivity index (χ3n) is 14.2. The first-order valence-corrected chi connectivity index (χ1v) is 20.3. The Morgan fingerprint density at radius 2 is 1.05 bits per heavy atom. The van der Waals surface area contributed by atoms with Gasteiger partial charge in [-0.3, -0.25) is 0 Å². The molecule has 2 unspecified atom stereocenters. The molecule has 0 bridgehead atoms. The first-order valence-electron chi connectivity index (χ1n) is 20.3. The van der Waals surface area contributed by atoms with Crippen molar-refractivity contribution >= 4 is 33.4 Å². The lowest BCUT2D eigenvalue weighted by Crippen LogP contribution is -2.31. The Morgan fingerprint density at radius 3 is 1.86 bits per heavy atom. The van der Waals surface area contributed by atoms with Crippen molar-refractivity contribution in [2.75, 3.05) is 4.90 Å². The average molecular weight is 722 g/mol. The zero-order chi connectivity index (χ0) is 38.1. The zero-order valence-corrected chi connectivity index (χ0v) is 33.2. The van der Waals surface area contributed by atoms with Gasteiger partial charge in [-0.25, -0.2) is 0 Å². The first-order chi connectivity index (χ1) is 27.0. The fraction of sp³-hybridized carbons (Fsp3) is 0.200. The molecule has 56 heavy (non-hydrogen) atoms. The minimum atomic E-state index is -0.256. The van der Waals surface area contributed by atoms with Gasteiger partial charge in [0.25, 0.3) is 0 Å². The van der Waals surface area contributed by atoms with Crippen molar-refractivity contribution in [3.05, 3.63) is 203 Å². The molecule has 0 aromatic heterocycles. The molecule has 0 radical (unpaired) electrons. The molecule has 1 heteroatoms. The lowest BCUT2D eigenvalue weighted by atomic mass is 9.71. The van der Waals surface area contributed by atoms with E-state index in [-0.39, 0.29) is 16.2 Å². The summed E-state index contributed by atoms with van der Waals surface area (Å²) in [6.07, 6.45) is 7.43. The van der Waals surface area contributed by atoms with Crippen molar-refractivity contribution < 1.29 is 0 Å². The van der Waals surface area contributed by atoms with E-state index in [1.54, 1.807) is 0 Å². The summed E-state index contributed by atoms with van der Waals surface area (Å²) in [5, 5.41) is 2.51. The highest BCUT2D eigenvalue weighted by Crippen LogP contribution is 2.57. The van der Waals surface area contributed by atoms with E-state index in [9.17, 15) is 0 Å². The summed E-state index contributed by atoms with van der Waals surface area (Å²) in [5.74, 6) is 0.842. The van der Waals surface area contributed by atoms with Crippen LogP contribution in [0.15, 0.2) is 164 Å². The molecule has 7 aromatic rings. The van der Waals surface area contributed by atoms with Crippen LogP contribution >= 0.6 is 0 Å². The van der Waals surface area contributed by atoms with Gasteiger partial charge in [-0.2, -0.15) is 0 Å². The molecule has 11 rings (SSSR count). The van der Waals surface area contributed by atoms with Gasteiger partial charge in [0.15, 0.2) is 0 Å². The van der Waals surface area contributed by atoms with Crippen LogP contribution in [0, 0.1) is 5.92 Å². The van der Waals surface area contributed by atoms with Gasteiger partial charge in [-0.1, -0.05) is 169 Å². The summed E-state index contributed by atoms with van der Waals surface area (Å²) in [7, 11) is 0. The lowest BCUT2D eigenvalue weighted by Gasteiger charge is -2.43. The fourth-order valence-electron chi connectivity index (χ4n) is 11.0. The molecule has 0 saturated carbocycles. The average Bonchev–Trinajstić information content (AvgIpc) is 3.60. The Labute approximate surface area is 331 Å². The van der Waals surface area contributed by atoms with Gasteiger partial charge in [0, 0.05) is 22.1 Å². The highest BCUT2D eigenvalue weighted by atomic mass is 15.2. The van der Waals surface area contributed by atoms with Crippen molar-refractivity contribution in [1.82, 2.24) is 0 Å². The molecule has 1 heterocycles. The smallest absolute Gasteiger partial charge is 0.0540 e. The number of hydrogen-bond acceptors (Lipinski definition) is 1. The van der Waals surface area contributed by atoms with Crippen molar-refractivity contribution in [1.29, 1.82) is 0 Å². The van der Waals surface area contributed by atoms with Gasteiger partial charge in [0.1, 0.15) is 0 Å². The Morgan fingerprint density at radius 1 is 0.464 bits per heavy atom. The summed E-state index contributed by atoms with van der Waals surface area (Å²) >= 11 is 0. The predicted molar refractivity (Wildman–Crippen MR) is 237 cm³/mol. The van der Waals surface area contributed by atoms with Crippen LogP contribution in [-0.4, -0.2) is 0 Å². The van der Waals surface area contributed by atoms with E-state index in [1.165, 1.54) is 94.6 Å². The van der Waals surface area contributed by atoms with E-state index in [4.69, 9.17) is 0 Å². The van der Waals surface area contributed by atoms with Crippen LogP contribution in [-0.2, 0) is 16.2 Å². The van der Waals surface area contributed by atoms with Crippen molar-refractivity contribution in [2.24, 2.45) is 5.92 Å². The predicted octanol–water partition coefficient (Wildman–Crippen LogP) is 14.6. The van der Waals surface area contributed by atoms with E-state index in [2.05, 4.69) is 210 Å². The van der Waals surface area contributed by atoms with E-state index in [1.807, 2.05) is 0 Å². The number of allylic oxidation sites excluding steroid dienone is 4. The number of benzene rings is 7. The van der Waals surface area contributed by atoms with Crippen LogP contribution in [0.25, 0.3) is 38.6 Å². The highest BCUT2D eigenvalue weighted by molar-refractivity contribution is 6.01. The molecule has 0 saturated heterocycles. The molecule has 0 fully saturated rings. The molecular weight excluding hydrogens is 675 g/mol. The second-order valence-corrected chi connectivity index (χ2v) is 18.2. The van der Waals surface area contributed by atoms with Crippen LogP contribution in [0.5, 0.6) is 0 Å². The summed E-state index contributed by atoms with van der Waals surface area (Å²) in [6.45, 7) is 14.5. The Balaban J connectivity index is 1.07. The molecule has 0 N–H and O–H groups in total. The zero-order valence-electron chi connectivity index (χ0n) is 33.2. The number of rotatable bonds is 3. The van der Waals surface area contributed by atoms with Gasteiger partial charge >= 0.3 is 0 Å². The number of anilines is 3. The minimum Gasteiger partial charge on any atom is -0.309 e. The van der Waals surface area contributed by atoms with E-state index >= 15 is 0 Å². The number of nitrogens with zero attached hydrogens (tertiary/aromatic N) is 1. The maximum absolute atomic E-state index is 2.57. The SMILES string of the molecule is CC1(C)c2ccccc2-c2ccc(-c3ccc4c(c3)C(C)(C)c3cc(C5=CC6C(C=C5)c5ccccc5C6(C)C)ccc3N4c3cccc4ccccc34)cc21. The second-order valence-electron chi connectivity index (χ2n) is 18.2. The third kappa shape index (κ3) is 4.55. The van der Waals surface area contributed by atoms with Crippen LogP contribution in [0.1, 0.15) is 86.4 Å². The lowest BCUT2D eigenvalue weighted by molar-refractivity contribution is 0.395. The van der Waals surface area contributed by atoms with Gasteiger partial charge in [0.2, 0.25) is 0 Å². The van der Waals surface area contributed by atoms with E-state index < -0.39 is 0 Å². The van der Waals surface area contributed by atoms with Gasteiger partial charge < -0.3 is 4.90 Å². The molecule has 0 amide bonds. The van der Waals surface area contributed by atoms with E-state index in [0.29, 0.717) is 11.8 Å². The molecule has 1 aliphatic heterocycles. The third-order valence-corrected chi connectivity index (χ3v) is 14.2.